The zero-order valence-corrected chi connectivity index (χ0v) is 14.6. The van der Waals surface area contributed by atoms with Crippen LogP contribution in [0, 0.1) is 0 Å². The predicted octanol–water partition coefficient (Wildman–Crippen LogP) is 4.06. The maximum absolute atomic E-state index is 11.8. The highest BCUT2D eigenvalue weighted by molar-refractivity contribution is 7.12. The number of carbonyl (C=O) groups excluding carboxylic acids is 2. The van der Waals surface area contributed by atoms with Crippen LogP contribution in [0.2, 0.25) is 0 Å². The second kappa shape index (κ2) is 8.44. The van der Waals surface area contributed by atoms with E-state index < -0.39 is 0 Å². The number of nitrogens with one attached hydrogen (secondary N) is 1. The van der Waals surface area contributed by atoms with E-state index in [0.717, 1.165) is 11.1 Å². The topological polar surface area (TPSA) is 55.4 Å². The third kappa shape index (κ3) is 4.90. The van der Waals surface area contributed by atoms with Crippen LogP contribution in [-0.2, 0) is 4.79 Å². The van der Waals surface area contributed by atoms with Gasteiger partial charge in [-0.3, -0.25) is 9.59 Å². The SMILES string of the molecule is O=C(CCC(=O)c1cccs1)NCCOc1ccc2ccccc2c1. The van der Waals surface area contributed by atoms with Crippen molar-refractivity contribution in [3.63, 3.8) is 0 Å². The molecule has 1 amide bonds. The van der Waals surface area contributed by atoms with Gasteiger partial charge in [0, 0.05) is 12.8 Å². The van der Waals surface area contributed by atoms with E-state index in [-0.39, 0.29) is 24.5 Å². The number of carbonyl (C=O) groups is 2. The largest absolute Gasteiger partial charge is 0.492 e. The Labute approximate surface area is 150 Å². The molecule has 0 aliphatic rings. The van der Waals surface area contributed by atoms with Gasteiger partial charge in [-0.1, -0.05) is 36.4 Å². The summed E-state index contributed by atoms with van der Waals surface area (Å²) < 4.78 is 5.67. The molecular formula is C20H19NO3S. The fraction of sp³-hybridized carbons (Fsp3) is 0.200. The minimum absolute atomic E-state index is 0.0116. The number of hydrogen-bond donors (Lipinski definition) is 1. The monoisotopic (exact) mass is 353 g/mol. The van der Waals surface area contributed by atoms with E-state index in [1.165, 1.54) is 16.7 Å². The highest BCUT2D eigenvalue weighted by Crippen LogP contribution is 2.20. The molecule has 128 valence electrons. The van der Waals surface area contributed by atoms with Crippen LogP contribution in [0.4, 0.5) is 0 Å². The number of ether oxygens (including phenoxy) is 1. The number of amides is 1. The summed E-state index contributed by atoms with van der Waals surface area (Å²) in [5.74, 6) is 0.658. The molecule has 0 bridgehead atoms. The van der Waals surface area contributed by atoms with Crippen LogP contribution in [0.15, 0.2) is 60.0 Å². The molecule has 0 unspecified atom stereocenters. The summed E-state index contributed by atoms with van der Waals surface area (Å²) in [6, 6.07) is 17.6. The summed E-state index contributed by atoms with van der Waals surface area (Å²) in [6.07, 6.45) is 0.435. The van der Waals surface area contributed by atoms with Crippen LogP contribution in [0.5, 0.6) is 5.75 Å². The lowest BCUT2D eigenvalue weighted by Crippen LogP contribution is -2.28. The summed E-state index contributed by atoms with van der Waals surface area (Å²) in [7, 11) is 0. The average Bonchev–Trinajstić information content (AvgIpc) is 3.18. The third-order valence-electron chi connectivity index (χ3n) is 3.79. The van der Waals surface area contributed by atoms with Crippen LogP contribution < -0.4 is 10.1 Å². The number of benzene rings is 2. The zero-order valence-electron chi connectivity index (χ0n) is 13.7. The van der Waals surface area contributed by atoms with Gasteiger partial charge >= 0.3 is 0 Å². The Morgan fingerprint density at radius 1 is 0.960 bits per heavy atom. The molecule has 4 nitrogen and oxygen atoms in total. The molecule has 1 N–H and O–H groups in total. The first-order valence-electron chi connectivity index (χ1n) is 8.17. The number of ketones is 1. The molecule has 0 fully saturated rings. The van der Waals surface area contributed by atoms with Crippen LogP contribution >= 0.6 is 11.3 Å². The van der Waals surface area contributed by atoms with E-state index in [4.69, 9.17) is 4.74 Å². The van der Waals surface area contributed by atoms with Gasteiger partial charge < -0.3 is 10.1 Å². The van der Waals surface area contributed by atoms with Crippen molar-refractivity contribution in [2.45, 2.75) is 12.8 Å². The summed E-state index contributed by atoms with van der Waals surface area (Å²) in [6.45, 7) is 0.807. The highest BCUT2D eigenvalue weighted by atomic mass is 32.1. The maximum Gasteiger partial charge on any atom is 0.220 e. The van der Waals surface area contributed by atoms with E-state index >= 15 is 0 Å². The van der Waals surface area contributed by atoms with Crippen molar-refractivity contribution in [1.82, 2.24) is 5.32 Å². The lowest BCUT2D eigenvalue weighted by Gasteiger charge is -2.08. The van der Waals surface area contributed by atoms with Gasteiger partial charge in [0.2, 0.25) is 5.91 Å². The standard InChI is InChI=1S/C20H19NO3S/c22-18(19-6-3-13-25-19)9-10-20(23)21-11-12-24-17-8-7-15-4-1-2-5-16(15)14-17/h1-8,13-14H,9-12H2,(H,21,23). The van der Waals surface area contributed by atoms with Gasteiger partial charge in [0.1, 0.15) is 12.4 Å². The normalized spacial score (nSPS) is 10.6. The van der Waals surface area contributed by atoms with Gasteiger partial charge in [0.15, 0.2) is 5.78 Å². The summed E-state index contributed by atoms with van der Waals surface area (Å²) in [4.78, 5) is 24.3. The van der Waals surface area contributed by atoms with Gasteiger partial charge in [0.25, 0.3) is 0 Å². The second-order valence-corrected chi connectivity index (χ2v) is 6.56. The molecule has 1 aromatic heterocycles. The van der Waals surface area contributed by atoms with Gasteiger partial charge in [-0.05, 0) is 34.4 Å². The van der Waals surface area contributed by atoms with E-state index in [9.17, 15) is 9.59 Å². The van der Waals surface area contributed by atoms with Crippen LogP contribution in [0.3, 0.4) is 0 Å². The molecule has 0 saturated heterocycles. The molecule has 2 aromatic carbocycles. The molecule has 0 aliphatic carbocycles. The zero-order chi connectivity index (χ0) is 17.5. The third-order valence-corrected chi connectivity index (χ3v) is 4.70. The quantitative estimate of drug-likeness (QED) is 0.491. The van der Waals surface area contributed by atoms with E-state index in [1.54, 1.807) is 6.07 Å². The van der Waals surface area contributed by atoms with Crippen molar-refractivity contribution < 1.29 is 14.3 Å². The molecule has 3 rings (SSSR count). The maximum atomic E-state index is 11.8. The summed E-state index contributed by atoms with van der Waals surface area (Å²) in [5.41, 5.74) is 0. The van der Waals surface area contributed by atoms with Crippen LogP contribution in [-0.4, -0.2) is 24.8 Å². The fourth-order valence-corrected chi connectivity index (χ4v) is 3.19. The molecule has 5 heteroatoms. The Hall–Kier alpha value is -2.66. The Balaban J connectivity index is 1.37. The minimum atomic E-state index is -0.132. The fourth-order valence-electron chi connectivity index (χ4n) is 2.49. The summed E-state index contributed by atoms with van der Waals surface area (Å²) >= 11 is 1.40. The number of Topliss-reactive ketones (excluding diaryl/α,β-unsaturated/α-hetero) is 1. The Kier molecular flexibility index (Phi) is 5.80. The molecule has 1 heterocycles. The van der Waals surface area contributed by atoms with Crippen molar-refractivity contribution in [2.24, 2.45) is 0 Å². The van der Waals surface area contributed by atoms with Crippen molar-refractivity contribution in [3.8, 4) is 5.75 Å². The van der Waals surface area contributed by atoms with Crippen molar-refractivity contribution in [3.05, 3.63) is 64.9 Å². The van der Waals surface area contributed by atoms with Crippen LogP contribution in [0.25, 0.3) is 10.8 Å². The van der Waals surface area contributed by atoms with E-state index in [0.29, 0.717) is 18.0 Å². The van der Waals surface area contributed by atoms with Gasteiger partial charge in [-0.25, -0.2) is 0 Å². The molecule has 3 aromatic rings. The Morgan fingerprint density at radius 3 is 2.60 bits per heavy atom. The number of thiophene rings is 1. The van der Waals surface area contributed by atoms with Crippen LogP contribution in [0.1, 0.15) is 22.5 Å². The molecule has 0 aliphatic heterocycles. The lowest BCUT2D eigenvalue weighted by atomic mass is 10.1. The number of fused-ring (bicyclic) bond motifs is 1. The van der Waals surface area contributed by atoms with E-state index in [2.05, 4.69) is 11.4 Å². The average molecular weight is 353 g/mol. The Morgan fingerprint density at radius 2 is 1.80 bits per heavy atom. The number of hydrogen-bond acceptors (Lipinski definition) is 4. The first-order valence-corrected chi connectivity index (χ1v) is 9.05. The first kappa shape index (κ1) is 17.2. The molecule has 0 radical (unpaired) electrons. The first-order chi connectivity index (χ1) is 12.2. The van der Waals surface area contributed by atoms with Gasteiger partial charge in [-0.15, -0.1) is 11.3 Å². The van der Waals surface area contributed by atoms with Gasteiger partial charge in [0.05, 0.1) is 11.4 Å². The van der Waals surface area contributed by atoms with Crippen molar-refractivity contribution in [2.75, 3.05) is 13.2 Å². The number of rotatable bonds is 8. The van der Waals surface area contributed by atoms with Gasteiger partial charge in [-0.2, -0.15) is 0 Å². The van der Waals surface area contributed by atoms with E-state index in [1.807, 2.05) is 47.8 Å². The molecule has 0 spiro atoms. The summed E-state index contributed by atoms with van der Waals surface area (Å²) in [5, 5.41) is 6.92. The molecule has 0 saturated carbocycles. The molecule has 25 heavy (non-hydrogen) atoms. The van der Waals surface area contributed by atoms with Crippen molar-refractivity contribution >= 4 is 33.8 Å². The predicted molar refractivity (Wildman–Crippen MR) is 100 cm³/mol. The molecular weight excluding hydrogens is 334 g/mol. The molecule has 0 atom stereocenters. The minimum Gasteiger partial charge on any atom is -0.492 e. The smallest absolute Gasteiger partial charge is 0.220 e. The highest BCUT2D eigenvalue weighted by Gasteiger charge is 2.09. The lowest BCUT2D eigenvalue weighted by molar-refractivity contribution is -0.121. The van der Waals surface area contributed by atoms with Crippen molar-refractivity contribution in [1.29, 1.82) is 0 Å². The second-order valence-electron chi connectivity index (χ2n) is 5.61. The Bertz CT molecular complexity index is 858.